The van der Waals surface area contributed by atoms with Crippen molar-refractivity contribution >= 4 is 15.9 Å². The van der Waals surface area contributed by atoms with Crippen molar-refractivity contribution in [3.63, 3.8) is 0 Å². The van der Waals surface area contributed by atoms with Crippen LogP contribution in [-0.4, -0.2) is 10.5 Å². The van der Waals surface area contributed by atoms with Gasteiger partial charge in [0.15, 0.2) is 11.6 Å². The van der Waals surface area contributed by atoms with Gasteiger partial charge in [-0.05, 0) is 45.0 Å². The molecule has 0 fully saturated rings. The van der Waals surface area contributed by atoms with Gasteiger partial charge in [0.25, 0.3) is 0 Å². The van der Waals surface area contributed by atoms with Crippen LogP contribution in [0.3, 0.4) is 0 Å². The number of hydrogen-bond donors (Lipinski definition) is 1. The van der Waals surface area contributed by atoms with Crippen molar-refractivity contribution in [3.8, 4) is 11.6 Å². The molecule has 0 atom stereocenters. The third-order valence-corrected chi connectivity index (χ3v) is 3.25. The molecule has 0 radical (unpaired) electrons. The lowest BCUT2D eigenvalue weighted by molar-refractivity contribution is 0.399. The van der Waals surface area contributed by atoms with E-state index in [1.165, 1.54) is 6.07 Å². The fourth-order valence-corrected chi connectivity index (χ4v) is 2.01. The Bertz CT molecular complexity index is 626. The molecule has 0 aliphatic rings. The van der Waals surface area contributed by atoms with E-state index in [0.29, 0.717) is 16.9 Å². The third kappa shape index (κ3) is 4.79. The maximum absolute atomic E-state index is 13.8. The minimum atomic E-state index is -0.426. The summed E-state index contributed by atoms with van der Waals surface area (Å²) in [5.74, 6) is 0.147. The van der Waals surface area contributed by atoms with Crippen LogP contribution in [0.15, 0.2) is 41.0 Å². The zero-order valence-corrected chi connectivity index (χ0v) is 13.9. The Morgan fingerprint density at radius 1 is 1.29 bits per heavy atom. The predicted molar refractivity (Wildman–Crippen MR) is 85.0 cm³/mol. The molecule has 1 aromatic heterocycles. The molecule has 0 unspecified atom stereocenters. The molecule has 0 amide bonds. The van der Waals surface area contributed by atoms with Gasteiger partial charge in [0.1, 0.15) is 0 Å². The summed E-state index contributed by atoms with van der Waals surface area (Å²) in [4.78, 5) is 4.20. The van der Waals surface area contributed by atoms with Crippen molar-refractivity contribution in [1.29, 1.82) is 0 Å². The Labute approximate surface area is 132 Å². The van der Waals surface area contributed by atoms with Crippen LogP contribution in [0.1, 0.15) is 26.3 Å². The first-order valence-electron chi connectivity index (χ1n) is 6.67. The van der Waals surface area contributed by atoms with Gasteiger partial charge in [-0.25, -0.2) is 9.37 Å². The van der Waals surface area contributed by atoms with Crippen molar-refractivity contribution in [1.82, 2.24) is 10.3 Å². The normalized spacial score (nSPS) is 11.5. The number of hydrogen-bond acceptors (Lipinski definition) is 3. The lowest BCUT2D eigenvalue weighted by Crippen LogP contribution is -2.35. The van der Waals surface area contributed by atoms with Crippen molar-refractivity contribution in [3.05, 3.63) is 52.4 Å². The molecule has 0 bridgehead atoms. The molecule has 0 saturated heterocycles. The first kappa shape index (κ1) is 15.9. The van der Waals surface area contributed by atoms with E-state index < -0.39 is 5.82 Å². The quantitative estimate of drug-likeness (QED) is 0.868. The lowest BCUT2D eigenvalue weighted by Gasteiger charge is -2.21. The summed E-state index contributed by atoms with van der Waals surface area (Å²) in [6, 6.07) is 8.43. The van der Waals surface area contributed by atoms with Crippen LogP contribution in [0, 0.1) is 5.82 Å². The largest absolute Gasteiger partial charge is 0.436 e. The Balaban J connectivity index is 2.20. The molecule has 1 aromatic carbocycles. The standard InChI is InChI=1S/C16H18BrFN2O/c1-16(2,3)20-10-11-5-4-8-19-15(11)21-14-7-6-12(17)9-13(14)18/h4-9,20H,10H2,1-3H3. The summed E-state index contributed by atoms with van der Waals surface area (Å²) in [6.45, 7) is 6.85. The Morgan fingerprint density at radius 2 is 2.05 bits per heavy atom. The molecule has 1 heterocycles. The molecule has 112 valence electrons. The molecule has 2 aromatic rings. The van der Waals surface area contributed by atoms with Gasteiger partial charge in [-0.3, -0.25) is 0 Å². The highest BCUT2D eigenvalue weighted by Crippen LogP contribution is 2.27. The summed E-state index contributed by atoms with van der Waals surface area (Å²) in [5, 5.41) is 3.37. The predicted octanol–water partition coefficient (Wildman–Crippen LogP) is 4.66. The van der Waals surface area contributed by atoms with Crippen molar-refractivity contribution < 1.29 is 9.13 Å². The van der Waals surface area contributed by atoms with Crippen LogP contribution in [-0.2, 0) is 6.54 Å². The van der Waals surface area contributed by atoms with Crippen molar-refractivity contribution in [2.45, 2.75) is 32.9 Å². The molecule has 0 aliphatic heterocycles. The minimum Gasteiger partial charge on any atom is -0.436 e. The number of rotatable bonds is 4. The molecule has 2 rings (SSSR count). The second-order valence-corrected chi connectivity index (χ2v) is 6.66. The van der Waals surface area contributed by atoms with E-state index in [9.17, 15) is 4.39 Å². The Kier molecular flexibility index (Phi) is 4.96. The van der Waals surface area contributed by atoms with Gasteiger partial charge in [0, 0.05) is 28.3 Å². The monoisotopic (exact) mass is 352 g/mol. The fraction of sp³-hybridized carbons (Fsp3) is 0.312. The van der Waals surface area contributed by atoms with Crippen LogP contribution >= 0.6 is 15.9 Å². The molecule has 0 saturated carbocycles. The molecule has 5 heteroatoms. The molecule has 21 heavy (non-hydrogen) atoms. The zero-order valence-electron chi connectivity index (χ0n) is 12.3. The lowest BCUT2D eigenvalue weighted by atomic mass is 10.1. The fourth-order valence-electron chi connectivity index (χ4n) is 1.67. The van der Waals surface area contributed by atoms with E-state index in [4.69, 9.17) is 4.74 Å². The van der Waals surface area contributed by atoms with Gasteiger partial charge < -0.3 is 10.1 Å². The topological polar surface area (TPSA) is 34.2 Å². The summed E-state index contributed by atoms with van der Waals surface area (Å²) >= 11 is 3.22. The molecule has 3 nitrogen and oxygen atoms in total. The van der Waals surface area contributed by atoms with E-state index in [1.54, 1.807) is 18.3 Å². The van der Waals surface area contributed by atoms with Crippen molar-refractivity contribution in [2.75, 3.05) is 0 Å². The van der Waals surface area contributed by atoms with Gasteiger partial charge in [0.2, 0.25) is 5.88 Å². The molecule has 0 aliphatic carbocycles. The van der Waals surface area contributed by atoms with E-state index in [-0.39, 0.29) is 11.3 Å². The van der Waals surface area contributed by atoms with E-state index >= 15 is 0 Å². The number of benzene rings is 1. The number of nitrogens with zero attached hydrogens (tertiary/aromatic N) is 1. The van der Waals surface area contributed by atoms with Crippen LogP contribution in [0.25, 0.3) is 0 Å². The highest BCUT2D eigenvalue weighted by atomic mass is 79.9. The summed E-state index contributed by atoms with van der Waals surface area (Å²) in [6.07, 6.45) is 1.63. The second kappa shape index (κ2) is 6.54. The maximum Gasteiger partial charge on any atom is 0.223 e. The highest BCUT2D eigenvalue weighted by Gasteiger charge is 2.13. The minimum absolute atomic E-state index is 0.0179. The number of aromatic nitrogens is 1. The molecule has 0 spiro atoms. The first-order chi connectivity index (χ1) is 9.85. The first-order valence-corrected chi connectivity index (χ1v) is 7.46. The number of pyridine rings is 1. The Morgan fingerprint density at radius 3 is 2.71 bits per heavy atom. The van der Waals surface area contributed by atoms with Gasteiger partial charge in [-0.2, -0.15) is 0 Å². The third-order valence-electron chi connectivity index (χ3n) is 2.76. The molecule has 1 N–H and O–H groups in total. The van der Waals surface area contributed by atoms with Crippen molar-refractivity contribution in [2.24, 2.45) is 0 Å². The van der Waals surface area contributed by atoms with E-state index in [1.807, 2.05) is 12.1 Å². The second-order valence-electron chi connectivity index (χ2n) is 5.75. The maximum atomic E-state index is 13.8. The zero-order chi connectivity index (χ0) is 15.5. The molecular weight excluding hydrogens is 335 g/mol. The van der Waals surface area contributed by atoms with Crippen LogP contribution in [0.2, 0.25) is 0 Å². The van der Waals surface area contributed by atoms with Crippen LogP contribution < -0.4 is 10.1 Å². The van der Waals surface area contributed by atoms with Gasteiger partial charge >= 0.3 is 0 Å². The SMILES string of the molecule is CC(C)(C)NCc1cccnc1Oc1ccc(Br)cc1F. The van der Waals surface area contributed by atoms with Crippen LogP contribution in [0.4, 0.5) is 4.39 Å². The van der Waals surface area contributed by atoms with Gasteiger partial charge in [-0.1, -0.05) is 22.0 Å². The Hall–Kier alpha value is -1.46. The average molecular weight is 353 g/mol. The highest BCUT2D eigenvalue weighted by molar-refractivity contribution is 9.10. The van der Waals surface area contributed by atoms with E-state index in [0.717, 1.165) is 5.56 Å². The van der Waals surface area contributed by atoms with Gasteiger partial charge in [-0.15, -0.1) is 0 Å². The molecular formula is C16H18BrFN2O. The van der Waals surface area contributed by atoms with Crippen LogP contribution in [0.5, 0.6) is 11.6 Å². The van der Waals surface area contributed by atoms with Gasteiger partial charge in [0.05, 0.1) is 0 Å². The average Bonchev–Trinajstić information content (AvgIpc) is 2.40. The smallest absolute Gasteiger partial charge is 0.223 e. The van der Waals surface area contributed by atoms with E-state index in [2.05, 4.69) is 47.0 Å². The summed E-state index contributed by atoms with van der Waals surface area (Å²) in [7, 11) is 0. The number of halogens is 2. The number of nitrogens with one attached hydrogen (secondary N) is 1. The summed E-state index contributed by atoms with van der Waals surface area (Å²) in [5.41, 5.74) is 0.866. The summed E-state index contributed by atoms with van der Waals surface area (Å²) < 4.78 is 20.1. The number of ether oxygens (including phenoxy) is 1.